The van der Waals surface area contributed by atoms with Gasteiger partial charge >= 0.3 is 0 Å². The molecule has 0 aliphatic heterocycles. The maximum atomic E-state index is 11.7. The van der Waals surface area contributed by atoms with Crippen LogP contribution in [0.25, 0.3) is 0 Å². The first-order valence-electron chi connectivity index (χ1n) is 5.77. The monoisotopic (exact) mass is 265 g/mol. The van der Waals surface area contributed by atoms with Gasteiger partial charge in [-0.3, -0.25) is 9.48 Å². The molecule has 0 aromatic carbocycles. The number of hydrogen-bond acceptors (Lipinski definition) is 5. The maximum absolute atomic E-state index is 11.7. The van der Waals surface area contributed by atoms with Crippen LogP contribution in [0.15, 0.2) is 12.4 Å². The Kier molecular flexibility index (Phi) is 4.03. The number of carbonyl (C=O) groups excluding carboxylic acids is 1. The molecule has 7 heteroatoms. The SMILES string of the molecule is CCc1nnc(NC(=O)CCc2cnn(C)c2)s1. The van der Waals surface area contributed by atoms with E-state index < -0.39 is 0 Å². The van der Waals surface area contributed by atoms with Crippen molar-refractivity contribution >= 4 is 22.4 Å². The van der Waals surface area contributed by atoms with Crippen molar-refractivity contribution in [3.05, 3.63) is 23.0 Å². The van der Waals surface area contributed by atoms with E-state index in [0.717, 1.165) is 17.0 Å². The third kappa shape index (κ3) is 3.36. The number of nitrogens with one attached hydrogen (secondary N) is 1. The van der Waals surface area contributed by atoms with E-state index in [1.54, 1.807) is 10.9 Å². The average Bonchev–Trinajstić information content (AvgIpc) is 2.95. The van der Waals surface area contributed by atoms with Gasteiger partial charge in [-0.15, -0.1) is 10.2 Å². The molecule has 0 fully saturated rings. The van der Waals surface area contributed by atoms with Crippen LogP contribution in [0.1, 0.15) is 23.9 Å². The molecule has 0 aliphatic carbocycles. The van der Waals surface area contributed by atoms with Gasteiger partial charge in [0.05, 0.1) is 6.20 Å². The van der Waals surface area contributed by atoms with Gasteiger partial charge in [0.25, 0.3) is 0 Å². The van der Waals surface area contributed by atoms with Crippen LogP contribution in [0.2, 0.25) is 0 Å². The topological polar surface area (TPSA) is 72.7 Å². The molecule has 0 atom stereocenters. The summed E-state index contributed by atoms with van der Waals surface area (Å²) in [5, 5.41) is 16.2. The smallest absolute Gasteiger partial charge is 0.226 e. The Morgan fingerprint density at radius 3 is 2.94 bits per heavy atom. The highest BCUT2D eigenvalue weighted by molar-refractivity contribution is 7.15. The van der Waals surface area contributed by atoms with E-state index in [1.807, 2.05) is 20.2 Å². The molecule has 1 amide bonds. The molecule has 96 valence electrons. The van der Waals surface area contributed by atoms with Crippen LogP contribution in [0.3, 0.4) is 0 Å². The predicted octanol–water partition coefficient (Wildman–Crippen LogP) is 1.41. The lowest BCUT2D eigenvalue weighted by Gasteiger charge is -1.99. The zero-order valence-corrected chi connectivity index (χ0v) is 11.2. The maximum Gasteiger partial charge on any atom is 0.226 e. The van der Waals surface area contributed by atoms with Gasteiger partial charge < -0.3 is 5.32 Å². The van der Waals surface area contributed by atoms with E-state index in [9.17, 15) is 4.79 Å². The molecule has 2 rings (SSSR count). The zero-order chi connectivity index (χ0) is 13.0. The van der Waals surface area contributed by atoms with Gasteiger partial charge in [-0.1, -0.05) is 18.3 Å². The second kappa shape index (κ2) is 5.72. The highest BCUT2D eigenvalue weighted by atomic mass is 32.1. The molecule has 0 saturated heterocycles. The van der Waals surface area contributed by atoms with Crippen molar-refractivity contribution in [2.24, 2.45) is 7.05 Å². The van der Waals surface area contributed by atoms with Crippen molar-refractivity contribution in [2.45, 2.75) is 26.2 Å². The summed E-state index contributed by atoms with van der Waals surface area (Å²) in [6.07, 6.45) is 5.62. The largest absolute Gasteiger partial charge is 0.301 e. The molecule has 1 N–H and O–H groups in total. The first-order chi connectivity index (χ1) is 8.67. The lowest BCUT2D eigenvalue weighted by Crippen LogP contribution is -2.12. The van der Waals surface area contributed by atoms with E-state index >= 15 is 0 Å². The van der Waals surface area contributed by atoms with Crippen LogP contribution >= 0.6 is 11.3 Å². The number of nitrogens with zero attached hydrogens (tertiary/aromatic N) is 4. The van der Waals surface area contributed by atoms with Crippen molar-refractivity contribution in [3.8, 4) is 0 Å². The van der Waals surface area contributed by atoms with Gasteiger partial charge in [-0.05, 0) is 18.4 Å². The van der Waals surface area contributed by atoms with Crippen LogP contribution in [0, 0.1) is 0 Å². The second-order valence-electron chi connectivity index (χ2n) is 3.92. The quantitative estimate of drug-likeness (QED) is 0.887. The average molecular weight is 265 g/mol. The van der Waals surface area contributed by atoms with Crippen LogP contribution in [-0.2, 0) is 24.7 Å². The number of rotatable bonds is 5. The lowest BCUT2D eigenvalue weighted by molar-refractivity contribution is -0.116. The normalized spacial score (nSPS) is 10.6. The van der Waals surface area contributed by atoms with Crippen molar-refractivity contribution in [1.82, 2.24) is 20.0 Å². The fraction of sp³-hybridized carbons (Fsp3) is 0.455. The summed E-state index contributed by atoms with van der Waals surface area (Å²) in [7, 11) is 1.86. The summed E-state index contributed by atoms with van der Waals surface area (Å²) in [5.74, 6) is -0.0438. The Morgan fingerprint density at radius 2 is 2.33 bits per heavy atom. The molecule has 0 aliphatic rings. The van der Waals surface area contributed by atoms with E-state index in [4.69, 9.17) is 0 Å². The Morgan fingerprint density at radius 1 is 1.50 bits per heavy atom. The van der Waals surface area contributed by atoms with Crippen LogP contribution in [0.5, 0.6) is 0 Å². The first-order valence-corrected chi connectivity index (χ1v) is 6.58. The standard InChI is InChI=1S/C11H15N5OS/c1-3-10-14-15-11(18-10)13-9(17)5-4-8-6-12-16(2)7-8/h6-7H,3-5H2,1-2H3,(H,13,15,17). The Bertz CT molecular complexity index is 533. The summed E-state index contributed by atoms with van der Waals surface area (Å²) < 4.78 is 1.73. The predicted molar refractivity (Wildman–Crippen MR) is 69.4 cm³/mol. The minimum atomic E-state index is -0.0438. The van der Waals surface area contributed by atoms with Gasteiger partial charge in [-0.25, -0.2) is 0 Å². The summed E-state index contributed by atoms with van der Waals surface area (Å²) in [6.45, 7) is 2.01. The highest BCUT2D eigenvalue weighted by Crippen LogP contribution is 2.15. The molecule has 6 nitrogen and oxygen atoms in total. The molecule has 0 bridgehead atoms. The second-order valence-corrected chi connectivity index (χ2v) is 4.99. The van der Waals surface area contributed by atoms with E-state index in [0.29, 0.717) is 18.0 Å². The molecule has 18 heavy (non-hydrogen) atoms. The number of carbonyl (C=O) groups is 1. The summed E-state index contributed by atoms with van der Waals surface area (Å²) in [6, 6.07) is 0. The molecule has 2 aromatic rings. The third-order valence-corrected chi connectivity index (χ3v) is 3.40. The molecule has 0 unspecified atom stereocenters. The van der Waals surface area contributed by atoms with Gasteiger partial charge in [0, 0.05) is 19.7 Å². The molecular weight excluding hydrogens is 250 g/mol. The number of hydrogen-bond donors (Lipinski definition) is 1. The van der Waals surface area contributed by atoms with Gasteiger partial charge in [0.15, 0.2) is 0 Å². The molecule has 0 saturated carbocycles. The lowest BCUT2D eigenvalue weighted by atomic mass is 10.2. The van der Waals surface area contributed by atoms with E-state index in [-0.39, 0.29) is 5.91 Å². The van der Waals surface area contributed by atoms with Crippen molar-refractivity contribution in [3.63, 3.8) is 0 Å². The van der Waals surface area contributed by atoms with Gasteiger partial charge in [-0.2, -0.15) is 5.10 Å². The van der Waals surface area contributed by atoms with Crippen molar-refractivity contribution < 1.29 is 4.79 Å². The van der Waals surface area contributed by atoms with E-state index in [2.05, 4.69) is 20.6 Å². The number of aryl methyl sites for hydroxylation is 3. The Labute approximate surface area is 109 Å². The van der Waals surface area contributed by atoms with E-state index in [1.165, 1.54) is 11.3 Å². The Hall–Kier alpha value is -1.76. The summed E-state index contributed by atoms with van der Waals surface area (Å²) in [5.41, 5.74) is 1.05. The molecule has 0 spiro atoms. The molecule has 2 aromatic heterocycles. The zero-order valence-electron chi connectivity index (χ0n) is 10.4. The Balaban J connectivity index is 1.81. The molecular formula is C11H15N5OS. The third-order valence-electron chi connectivity index (χ3n) is 2.41. The molecule has 0 radical (unpaired) electrons. The van der Waals surface area contributed by atoms with Crippen LogP contribution in [0.4, 0.5) is 5.13 Å². The van der Waals surface area contributed by atoms with Crippen molar-refractivity contribution in [1.29, 1.82) is 0 Å². The highest BCUT2D eigenvalue weighted by Gasteiger charge is 2.08. The first kappa shape index (κ1) is 12.7. The summed E-state index contributed by atoms with van der Waals surface area (Å²) >= 11 is 1.42. The van der Waals surface area contributed by atoms with Gasteiger partial charge in [0.1, 0.15) is 5.01 Å². The summed E-state index contributed by atoms with van der Waals surface area (Å²) in [4.78, 5) is 11.7. The number of aromatic nitrogens is 4. The fourth-order valence-electron chi connectivity index (χ4n) is 1.49. The molecule has 2 heterocycles. The van der Waals surface area contributed by atoms with Crippen molar-refractivity contribution in [2.75, 3.05) is 5.32 Å². The minimum Gasteiger partial charge on any atom is -0.301 e. The van der Waals surface area contributed by atoms with Crippen LogP contribution in [-0.4, -0.2) is 25.9 Å². The minimum absolute atomic E-state index is 0.0438. The van der Waals surface area contributed by atoms with Gasteiger partial charge in [0.2, 0.25) is 11.0 Å². The fourth-order valence-corrected chi connectivity index (χ4v) is 2.18. The number of anilines is 1. The van der Waals surface area contributed by atoms with Crippen LogP contribution < -0.4 is 5.32 Å². The number of amides is 1.